The molecule has 0 atom stereocenters. The van der Waals surface area contributed by atoms with Gasteiger partial charge in [0.1, 0.15) is 0 Å². The summed E-state index contributed by atoms with van der Waals surface area (Å²) in [6, 6.07) is 25.9. The summed E-state index contributed by atoms with van der Waals surface area (Å²) in [5.74, 6) is -1.28. The summed E-state index contributed by atoms with van der Waals surface area (Å²) in [4.78, 5) is 30.1. The molecule has 1 saturated carbocycles. The molecule has 0 unspecified atom stereocenters. The van der Waals surface area contributed by atoms with E-state index < -0.39 is 37.9 Å². The van der Waals surface area contributed by atoms with Crippen LogP contribution in [0.2, 0.25) is 0 Å². The number of phenolic OH excluding ortho intramolecular Hbond substituents is 3. The van der Waals surface area contributed by atoms with Crippen molar-refractivity contribution in [3.8, 4) is 17.2 Å². The van der Waals surface area contributed by atoms with E-state index in [9.17, 15) is 58.8 Å². The normalized spacial score (nSPS) is 12.0. The molecule has 5 aromatic rings. The second-order valence-electron chi connectivity index (χ2n) is 13.4. The number of para-hydroxylation sites is 2. The number of aromatic hydroxyl groups is 3. The summed E-state index contributed by atoms with van der Waals surface area (Å²) in [5, 5.41) is 77.7. The number of nitro groups is 3. The molecule has 1 aliphatic carbocycles. The molecule has 1 aliphatic rings. The van der Waals surface area contributed by atoms with Crippen molar-refractivity contribution < 1.29 is 43.3 Å². The molecule has 24 heteroatoms. The van der Waals surface area contributed by atoms with E-state index in [2.05, 4.69) is 31.9 Å². The number of anilines is 5. The highest BCUT2D eigenvalue weighted by molar-refractivity contribution is 7.81. The number of nitrogens with one attached hydrogen (secondary N) is 6. The van der Waals surface area contributed by atoms with Crippen molar-refractivity contribution in [3.63, 3.8) is 0 Å². The van der Waals surface area contributed by atoms with E-state index >= 15 is 0 Å². The highest BCUT2D eigenvalue weighted by atomic mass is 32.1. The van der Waals surface area contributed by atoms with E-state index in [-0.39, 0.29) is 39.4 Å². The van der Waals surface area contributed by atoms with Gasteiger partial charge in [-0.2, -0.15) is 13.2 Å². The number of alkyl halides is 3. The molecule has 9 N–H and O–H groups in total. The van der Waals surface area contributed by atoms with Gasteiger partial charge in [-0.15, -0.1) is 0 Å². The van der Waals surface area contributed by atoms with Crippen molar-refractivity contribution in [2.75, 3.05) is 26.6 Å². The standard InChI is InChI=1S/C14H10F3N3O3S.C13H17N3O3S.C13H11N3O3S/c15-14(16,17)9-3-1-2-4-10(9)19-13(24)18-8-5-6-12(21)11(7-8)20(22)23;2*17-12-7-6-10(8-11(12)16(18)19)15-13(20)14-9-4-2-1-3-5-9/h1-7,21H,(H2,18,19,24);6-9,17H,1-5H2,(H2,14,15,20);1-8,17H,(H2,14,15,20). The van der Waals surface area contributed by atoms with E-state index in [0.717, 1.165) is 36.7 Å². The average molecular weight is 942 g/mol. The summed E-state index contributed by atoms with van der Waals surface area (Å²) in [5.41, 5.74) is -0.571. The topological polar surface area (TPSA) is 262 Å². The van der Waals surface area contributed by atoms with Crippen molar-refractivity contribution in [2.24, 2.45) is 0 Å². The number of rotatable bonds is 9. The SMILES string of the molecule is O=[N+]([O-])c1cc(NC(=S)NC2CCCCC2)ccc1O.O=[N+]([O-])c1cc(NC(=S)Nc2ccccc2)ccc1O.O=[N+]([O-])c1cc(NC(=S)Nc2ccccc2C(F)(F)F)ccc1O. The van der Waals surface area contributed by atoms with Gasteiger partial charge in [-0.05, 0) is 110 Å². The van der Waals surface area contributed by atoms with Crippen molar-refractivity contribution in [2.45, 2.75) is 44.3 Å². The first-order chi connectivity index (χ1) is 30.3. The van der Waals surface area contributed by atoms with Crippen LogP contribution in [0.5, 0.6) is 17.2 Å². The molecule has 0 saturated heterocycles. The van der Waals surface area contributed by atoms with Crippen molar-refractivity contribution >= 4 is 97.5 Å². The Bertz CT molecular complexity index is 2500. The van der Waals surface area contributed by atoms with E-state index in [1.807, 2.05) is 30.3 Å². The highest BCUT2D eigenvalue weighted by Crippen LogP contribution is 2.35. The summed E-state index contributed by atoms with van der Waals surface area (Å²) < 4.78 is 38.7. The Balaban J connectivity index is 0.000000212. The van der Waals surface area contributed by atoms with Crippen LogP contribution in [-0.4, -0.2) is 51.5 Å². The molecule has 18 nitrogen and oxygen atoms in total. The van der Waals surface area contributed by atoms with Crippen molar-refractivity contribution in [1.29, 1.82) is 0 Å². The van der Waals surface area contributed by atoms with Gasteiger partial charge in [0.05, 0.1) is 26.0 Å². The van der Waals surface area contributed by atoms with E-state index in [0.29, 0.717) is 27.6 Å². The van der Waals surface area contributed by atoms with Gasteiger partial charge in [-0.1, -0.05) is 49.6 Å². The summed E-state index contributed by atoms with van der Waals surface area (Å²) >= 11 is 15.2. The monoisotopic (exact) mass is 941 g/mol. The fourth-order valence-electron chi connectivity index (χ4n) is 5.78. The first-order valence-corrected chi connectivity index (χ1v) is 19.9. The molecule has 0 spiro atoms. The van der Waals surface area contributed by atoms with Gasteiger partial charge >= 0.3 is 23.2 Å². The van der Waals surface area contributed by atoms with Gasteiger partial charge in [0.15, 0.2) is 32.6 Å². The van der Waals surface area contributed by atoms with Gasteiger partial charge in [0.2, 0.25) is 0 Å². The van der Waals surface area contributed by atoms with E-state index in [4.69, 9.17) is 36.7 Å². The third-order valence-electron chi connectivity index (χ3n) is 8.74. The molecule has 336 valence electrons. The van der Waals surface area contributed by atoms with Gasteiger partial charge < -0.3 is 47.2 Å². The zero-order chi connectivity index (χ0) is 47.0. The maximum absolute atomic E-state index is 12.9. The van der Waals surface area contributed by atoms with Crippen molar-refractivity contribution in [1.82, 2.24) is 5.32 Å². The average Bonchev–Trinajstić information content (AvgIpc) is 3.23. The first kappa shape index (κ1) is 49.2. The molecular weight excluding hydrogens is 904 g/mol. The van der Waals surface area contributed by atoms with Gasteiger partial charge in [0.25, 0.3) is 0 Å². The zero-order valence-corrected chi connectivity index (χ0v) is 35.4. The molecule has 0 amide bonds. The number of thiocarbonyl (C=S) groups is 3. The summed E-state index contributed by atoms with van der Waals surface area (Å²) in [6.45, 7) is 0. The molecule has 0 bridgehead atoms. The number of nitro benzene ring substituents is 3. The van der Waals surface area contributed by atoms with Gasteiger partial charge in [-0.25, -0.2) is 0 Å². The number of halogens is 3. The second kappa shape index (κ2) is 23.1. The van der Waals surface area contributed by atoms with Crippen LogP contribution >= 0.6 is 36.7 Å². The minimum atomic E-state index is -4.56. The van der Waals surface area contributed by atoms with Crippen LogP contribution in [0.15, 0.2) is 109 Å². The predicted molar refractivity (Wildman–Crippen MR) is 248 cm³/mol. The Kier molecular flexibility index (Phi) is 17.8. The molecule has 64 heavy (non-hydrogen) atoms. The molecule has 5 aromatic carbocycles. The molecule has 0 heterocycles. The lowest BCUT2D eigenvalue weighted by Crippen LogP contribution is -2.38. The minimum absolute atomic E-state index is 0.140. The maximum atomic E-state index is 12.9. The third-order valence-corrected chi connectivity index (χ3v) is 9.37. The van der Waals surface area contributed by atoms with Crippen LogP contribution in [0, 0.1) is 30.3 Å². The second-order valence-corrected chi connectivity index (χ2v) is 14.6. The van der Waals surface area contributed by atoms with Crippen LogP contribution in [0.25, 0.3) is 0 Å². The predicted octanol–water partition coefficient (Wildman–Crippen LogP) is 10.2. The molecule has 0 aromatic heterocycles. The molecule has 1 fully saturated rings. The number of hydrogen-bond donors (Lipinski definition) is 9. The highest BCUT2D eigenvalue weighted by Gasteiger charge is 2.33. The third kappa shape index (κ3) is 15.5. The number of hydrogen-bond acceptors (Lipinski definition) is 12. The molecule has 0 aliphatic heterocycles. The van der Waals surface area contributed by atoms with Crippen LogP contribution in [0.1, 0.15) is 37.7 Å². The lowest BCUT2D eigenvalue weighted by molar-refractivity contribution is -0.385. The molecular formula is C40H38F3N9O9S3. The number of phenols is 3. The molecule has 0 radical (unpaired) electrons. The van der Waals surface area contributed by atoms with E-state index in [1.165, 1.54) is 73.9 Å². The number of nitrogens with zero attached hydrogens (tertiary/aromatic N) is 3. The van der Waals surface area contributed by atoms with Crippen molar-refractivity contribution in [3.05, 3.63) is 145 Å². The smallest absolute Gasteiger partial charge is 0.418 e. The Morgan fingerprint density at radius 2 is 0.922 bits per heavy atom. The van der Waals surface area contributed by atoms with Crippen LogP contribution < -0.4 is 31.9 Å². The number of benzene rings is 5. The summed E-state index contributed by atoms with van der Waals surface area (Å²) in [6.07, 6.45) is 1.30. The lowest BCUT2D eigenvalue weighted by Gasteiger charge is -2.24. The fraction of sp³-hybridized carbons (Fsp3) is 0.175. The van der Waals surface area contributed by atoms with E-state index in [1.54, 1.807) is 6.07 Å². The fourth-order valence-corrected chi connectivity index (χ4v) is 6.53. The van der Waals surface area contributed by atoms with Crippen LogP contribution in [0.3, 0.4) is 0 Å². The van der Waals surface area contributed by atoms with Gasteiger partial charge in [-0.3, -0.25) is 30.3 Å². The minimum Gasteiger partial charge on any atom is -0.502 e. The largest absolute Gasteiger partial charge is 0.502 e. The Morgan fingerprint density at radius 1 is 0.531 bits per heavy atom. The van der Waals surface area contributed by atoms with Gasteiger partial charge in [0, 0.05) is 47.0 Å². The zero-order valence-electron chi connectivity index (χ0n) is 33.0. The Morgan fingerprint density at radius 3 is 1.36 bits per heavy atom. The molecule has 6 rings (SSSR count). The first-order valence-electron chi connectivity index (χ1n) is 18.7. The Hall–Kier alpha value is -7.44. The maximum Gasteiger partial charge on any atom is 0.418 e. The Labute approximate surface area is 378 Å². The summed E-state index contributed by atoms with van der Waals surface area (Å²) in [7, 11) is 0. The quantitative estimate of drug-likeness (QED) is 0.0288. The van der Waals surface area contributed by atoms with Crippen LogP contribution in [0.4, 0.5) is 58.7 Å². The van der Waals surface area contributed by atoms with Crippen LogP contribution in [-0.2, 0) is 6.18 Å². The lowest BCUT2D eigenvalue weighted by atomic mass is 9.96.